The molecule has 0 aliphatic carbocycles. The van der Waals surface area contributed by atoms with Gasteiger partial charge in [-0.15, -0.1) is 0 Å². The number of hydrogen-bond acceptors (Lipinski definition) is 5. The number of fused-ring (bicyclic) bond motifs is 2. The summed E-state index contributed by atoms with van der Waals surface area (Å²) in [6, 6.07) is 21.9. The van der Waals surface area contributed by atoms with E-state index in [0.717, 1.165) is 25.1 Å². The molecular formula is C28H28N2O4. The van der Waals surface area contributed by atoms with Crippen LogP contribution in [0, 0.1) is 10.1 Å². The molecule has 174 valence electrons. The number of nitrogens with zero attached hydrogens (tertiary/aromatic N) is 2. The maximum absolute atomic E-state index is 11.4. The molecule has 1 atom stereocenters. The Morgan fingerprint density at radius 2 is 1.79 bits per heavy atom. The molecule has 2 aliphatic heterocycles. The van der Waals surface area contributed by atoms with Gasteiger partial charge in [0.1, 0.15) is 0 Å². The normalized spacial score (nSPS) is 19.4. The molecule has 6 heteroatoms. The summed E-state index contributed by atoms with van der Waals surface area (Å²) in [6.07, 6.45) is 5.91. The van der Waals surface area contributed by atoms with Crippen molar-refractivity contribution in [1.82, 2.24) is 0 Å². The van der Waals surface area contributed by atoms with Crippen LogP contribution in [-0.4, -0.2) is 24.3 Å². The maximum Gasteiger partial charge on any atom is 0.274 e. The first kappa shape index (κ1) is 22.0. The summed E-state index contributed by atoms with van der Waals surface area (Å²) >= 11 is 0. The van der Waals surface area contributed by atoms with Gasteiger partial charge in [0.15, 0.2) is 11.5 Å². The van der Waals surface area contributed by atoms with Crippen molar-refractivity contribution in [3.8, 4) is 11.5 Å². The van der Waals surface area contributed by atoms with Crippen molar-refractivity contribution in [2.45, 2.75) is 37.8 Å². The fourth-order valence-electron chi connectivity index (χ4n) is 5.29. The van der Waals surface area contributed by atoms with Crippen molar-refractivity contribution >= 4 is 17.5 Å². The number of nitro groups is 1. The fourth-order valence-corrected chi connectivity index (χ4v) is 5.29. The SMILES string of the molecule is COc1cc([N+](=O)[O-])cc2c1OC1(C=C2)N(CCCc2ccccc2)c2ccccc2C1(C)C. The number of methoxy groups -OCH3 is 1. The van der Waals surface area contributed by atoms with Crippen LogP contribution in [-0.2, 0) is 11.8 Å². The molecule has 0 fully saturated rings. The minimum atomic E-state index is -0.788. The van der Waals surface area contributed by atoms with Gasteiger partial charge in [-0.1, -0.05) is 48.5 Å². The number of aryl methyl sites for hydroxylation is 1. The van der Waals surface area contributed by atoms with Crippen molar-refractivity contribution in [2.75, 3.05) is 18.6 Å². The lowest BCUT2D eigenvalue weighted by Gasteiger charge is -2.47. The molecule has 0 N–H and O–H groups in total. The smallest absolute Gasteiger partial charge is 0.274 e. The molecule has 0 radical (unpaired) electrons. The predicted molar refractivity (Wildman–Crippen MR) is 134 cm³/mol. The van der Waals surface area contributed by atoms with Gasteiger partial charge in [-0.25, -0.2) is 0 Å². The third-order valence-corrected chi connectivity index (χ3v) is 7.10. The topological polar surface area (TPSA) is 64.8 Å². The summed E-state index contributed by atoms with van der Waals surface area (Å²) in [7, 11) is 1.51. The minimum Gasteiger partial charge on any atom is -0.493 e. The molecular weight excluding hydrogens is 428 g/mol. The third-order valence-electron chi connectivity index (χ3n) is 7.10. The highest BCUT2D eigenvalue weighted by atomic mass is 16.6. The van der Waals surface area contributed by atoms with Gasteiger partial charge in [0.25, 0.3) is 5.69 Å². The van der Waals surface area contributed by atoms with Gasteiger partial charge in [0.05, 0.1) is 23.5 Å². The monoisotopic (exact) mass is 456 g/mol. The Morgan fingerprint density at radius 3 is 2.53 bits per heavy atom. The van der Waals surface area contributed by atoms with Crippen LogP contribution in [0.4, 0.5) is 11.4 Å². The summed E-state index contributed by atoms with van der Waals surface area (Å²) < 4.78 is 12.4. The summed E-state index contributed by atoms with van der Waals surface area (Å²) in [4.78, 5) is 13.3. The Balaban J connectivity index is 1.56. The van der Waals surface area contributed by atoms with E-state index in [0.29, 0.717) is 17.1 Å². The quantitative estimate of drug-likeness (QED) is 0.329. The van der Waals surface area contributed by atoms with E-state index in [2.05, 4.69) is 73.4 Å². The van der Waals surface area contributed by atoms with Crippen molar-refractivity contribution in [2.24, 2.45) is 0 Å². The second-order valence-electron chi connectivity index (χ2n) is 9.34. The van der Waals surface area contributed by atoms with Crippen LogP contribution in [0.3, 0.4) is 0 Å². The van der Waals surface area contributed by atoms with E-state index in [9.17, 15) is 10.1 Å². The first-order chi connectivity index (χ1) is 16.4. The molecule has 1 unspecified atom stereocenters. The van der Waals surface area contributed by atoms with Crippen molar-refractivity contribution in [3.05, 3.63) is 99.6 Å². The van der Waals surface area contributed by atoms with E-state index in [1.807, 2.05) is 12.1 Å². The average molecular weight is 457 g/mol. The van der Waals surface area contributed by atoms with Gasteiger partial charge in [0, 0.05) is 23.9 Å². The Bertz CT molecular complexity index is 1270. The molecule has 1 spiro atoms. The largest absolute Gasteiger partial charge is 0.493 e. The van der Waals surface area contributed by atoms with E-state index in [1.54, 1.807) is 0 Å². The van der Waals surface area contributed by atoms with Gasteiger partial charge >= 0.3 is 0 Å². The van der Waals surface area contributed by atoms with E-state index in [4.69, 9.17) is 9.47 Å². The zero-order valence-corrected chi connectivity index (χ0v) is 19.7. The molecule has 0 saturated heterocycles. The molecule has 5 rings (SSSR count). The van der Waals surface area contributed by atoms with Gasteiger partial charge in [-0.2, -0.15) is 0 Å². The number of anilines is 1. The lowest BCUT2D eigenvalue weighted by atomic mass is 9.76. The van der Waals surface area contributed by atoms with Crippen LogP contribution < -0.4 is 14.4 Å². The number of rotatable bonds is 6. The zero-order chi connectivity index (χ0) is 23.9. The molecule has 3 aromatic rings. The van der Waals surface area contributed by atoms with Crippen molar-refractivity contribution in [3.63, 3.8) is 0 Å². The van der Waals surface area contributed by atoms with Crippen LogP contribution in [0.25, 0.3) is 6.08 Å². The first-order valence-corrected chi connectivity index (χ1v) is 11.5. The zero-order valence-electron chi connectivity index (χ0n) is 19.7. The van der Waals surface area contributed by atoms with E-state index >= 15 is 0 Å². The summed E-state index contributed by atoms with van der Waals surface area (Å²) in [6.45, 7) is 5.18. The molecule has 0 bridgehead atoms. The number of hydrogen-bond donors (Lipinski definition) is 0. The molecule has 0 aromatic heterocycles. The van der Waals surface area contributed by atoms with Gasteiger partial charge in [-0.05, 0) is 56.0 Å². The Morgan fingerprint density at radius 1 is 1.06 bits per heavy atom. The van der Waals surface area contributed by atoms with Crippen molar-refractivity contribution < 1.29 is 14.4 Å². The summed E-state index contributed by atoms with van der Waals surface area (Å²) in [5, 5.41) is 11.4. The second kappa shape index (κ2) is 8.20. The first-order valence-electron chi connectivity index (χ1n) is 11.5. The molecule has 34 heavy (non-hydrogen) atoms. The number of non-ortho nitro benzene ring substituents is 1. The molecule has 2 aliphatic rings. The number of ether oxygens (including phenoxy) is 2. The molecule has 6 nitrogen and oxygen atoms in total. The highest BCUT2D eigenvalue weighted by molar-refractivity contribution is 5.75. The van der Waals surface area contributed by atoms with Gasteiger partial charge in [0.2, 0.25) is 5.72 Å². The number of benzene rings is 3. The van der Waals surface area contributed by atoms with Crippen LogP contribution in [0.2, 0.25) is 0 Å². The number of nitro benzene ring substituents is 1. The third kappa shape index (κ3) is 3.33. The molecule has 0 amide bonds. The van der Waals surface area contributed by atoms with Crippen LogP contribution in [0.15, 0.2) is 72.8 Å². The summed E-state index contributed by atoms with van der Waals surface area (Å²) in [5.74, 6) is 0.897. The fraction of sp³-hybridized carbons (Fsp3) is 0.286. The van der Waals surface area contributed by atoms with Crippen LogP contribution >= 0.6 is 0 Å². The van der Waals surface area contributed by atoms with E-state index < -0.39 is 10.6 Å². The van der Waals surface area contributed by atoms with Crippen LogP contribution in [0.5, 0.6) is 11.5 Å². The average Bonchev–Trinajstić information content (AvgIpc) is 3.02. The Labute approximate surface area is 199 Å². The molecule has 3 aromatic carbocycles. The predicted octanol–water partition coefficient (Wildman–Crippen LogP) is 6.14. The molecule has 2 heterocycles. The maximum atomic E-state index is 11.4. The highest BCUT2D eigenvalue weighted by Crippen LogP contribution is 2.56. The van der Waals surface area contributed by atoms with Crippen molar-refractivity contribution in [1.29, 1.82) is 0 Å². The Kier molecular flexibility index (Phi) is 5.31. The van der Waals surface area contributed by atoms with E-state index in [-0.39, 0.29) is 11.1 Å². The lowest BCUT2D eigenvalue weighted by molar-refractivity contribution is -0.385. The summed E-state index contributed by atoms with van der Waals surface area (Å²) in [5.41, 5.74) is 3.13. The standard InChI is InChI=1S/C28H28N2O4/c1-27(2)23-13-7-8-14-24(23)29(17-9-12-20-10-5-4-6-11-20)28(27)16-15-21-18-22(30(31)32)19-25(33-3)26(21)34-28/h4-8,10-11,13-16,18-19H,9,12,17H2,1-3H3. The Hall–Kier alpha value is -3.80. The van der Waals surface area contributed by atoms with Crippen LogP contribution in [0.1, 0.15) is 37.0 Å². The minimum absolute atomic E-state index is 0.0199. The lowest BCUT2D eigenvalue weighted by Crippen LogP contribution is -2.59. The number of para-hydroxylation sites is 1. The van der Waals surface area contributed by atoms with Gasteiger partial charge < -0.3 is 14.4 Å². The second-order valence-corrected chi connectivity index (χ2v) is 9.34. The van der Waals surface area contributed by atoms with E-state index in [1.165, 1.54) is 30.4 Å². The molecule has 0 saturated carbocycles. The van der Waals surface area contributed by atoms with Gasteiger partial charge in [-0.3, -0.25) is 10.1 Å². The highest BCUT2D eigenvalue weighted by Gasteiger charge is 2.59.